The van der Waals surface area contributed by atoms with Gasteiger partial charge in [-0.25, -0.2) is 0 Å². The number of methoxy groups -OCH3 is 1. The molecule has 1 aromatic carbocycles. The van der Waals surface area contributed by atoms with Gasteiger partial charge < -0.3 is 15.2 Å². The summed E-state index contributed by atoms with van der Waals surface area (Å²) in [6, 6.07) is 13.4. The maximum Gasteiger partial charge on any atom is 0.220 e. The van der Waals surface area contributed by atoms with Crippen molar-refractivity contribution < 1.29 is 14.6 Å². The quantitative estimate of drug-likeness (QED) is 0.618. The molecule has 0 aliphatic heterocycles. The third-order valence-electron chi connectivity index (χ3n) is 4.27. The molecule has 0 aliphatic carbocycles. The molecule has 0 saturated heterocycles. The Labute approximate surface area is 161 Å². The highest BCUT2D eigenvalue weighted by atomic mass is 32.1. The third kappa shape index (κ3) is 4.33. The number of aryl methyl sites for hydroxylation is 1. The minimum absolute atomic E-state index is 0.0778. The fraction of sp³-hybridized carbons (Fsp3) is 0.250. The Morgan fingerprint density at radius 1 is 1.19 bits per heavy atom. The number of benzene rings is 1. The standard InChI is InChI=1S/C20H21NO3S2/c1-24-17-7-4-15(5-8-17)6-9-19(22)21-14-20(23,16-10-12-25-13-16)18-3-2-11-26-18/h2-5,7-8,10-13,23H,6,9,14H2,1H3,(H,21,22). The predicted molar refractivity (Wildman–Crippen MR) is 106 cm³/mol. The number of hydrogen-bond acceptors (Lipinski definition) is 5. The Hall–Kier alpha value is -2.15. The molecule has 1 unspecified atom stereocenters. The van der Waals surface area contributed by atoms with Crippen LogP contribution in [0.1, 0.15) is 22.4 Å². The second-order valence-electron chi connectivity index (χ2n) is 5.97. The maximum atomic E-state index is 12.3. The van der Waals surface area contributed by atoms with E-state index in [9.17, 15) is 9.90 Å². The lowest BCUT2D eigenvalue weighted by Gasteiger charge is -2.27. The zero-order valence-electron chi connectivity index (χ0n) is 14.5. The predicted octanol–water partition coefficient (Wildman–Crippen LogP) is 3.80. The molecular weight excluding hydrogens is 366 g/mol. The number of hydrogen-bond donors (Lipinski definition) is 2. The largest absolute Gasteiger partial charge is 0.497 e. The van der Waals surface area contributed by atoms with Crippen molar-refractivity contribution in [1.82, 2.24) is 5.32 Å². The zero-order chi connectivity index (χ0) is 18.4. The normalized spacial score (nSPS) is 13.2. The molecule has 0 aliphatic rings. The van der Waals surface area contributed by atoms with Gasteiger partial charge in [0.2, 0.25) is 5.91 Å². The van der Waals surface area contributed by atoms with Crippen molar-refractivity contribution in [3.8, 4) is 5.75 Å². The van der Waals surface area contributed by atoms with E-state index >= 15 is 0 Å². The van der Waals surface area contributed by atoms with Crippen LogP contribution in [-0.2, 0) is 16.8 Å². The molecular formula is C20H21NO3S2. The average Bonchev–Trinajstić information content (AvgIpc) is 3.39. The van der Waals surface area contributed by atoms with Crippen LogP contribution in [0.2, 0.25) is 0 Å². The molecule has 2 N–H and O–H groups in total. The smallest absolute Gasteiger partial charge is 0.220 e. The molecule has 6 heteroatoms. The van der Waals surface area contributed by atoms with E-state index in [-0.39, 0.29) is 12.5 Å². The van der Waals surface area contributed by atoms with E-state index in [0.717, 1.165) is 21.8 Å². The first-order chi connectivity index (χ1) is 12.6. The lowest BCUT2D eigenvalue weighted by molar-refractivity contribution is -0.122. The second-order valence-corrected chi connectivity index (χ2v) is 7.70. The van der Waals surface area contributed by atoms with Gasteiger partial charge in [-0.05, 0) is 52.4 Å². The molecule has 3 aromatic rings. The van der Waals surface area contributed by atoms with Crippen LogP contribution in [0.5, 0.6) is 5.75 Å². The third-order valence-corrected chi connectivity index (χ3v) is 5.97. The first-order valence-corrected chi connectivity index (χ1v) is 10.1. The van der Waals surface area contributed by atoms with E-state index in [2.05, 4.69) is 5.32 Å². The van der Waals surface area contributed by atoms with Gasteiger partial charge in [0.05, 0.1) is 13.7 Å². The Bertz CT molecular complexity index is 777. The van der Waals surface area contributed by atoms with E-state index < -0.39 is 5.60 Å². The summed E-state index contributed by atoms with van der Waals surface area (Å²) in [6.45, 7) is 0.158. The molecule has 0 radical (unpaired) electrons. The maximum absolute atomic E-state index is 12.3. The number of rotatable bonds is 8. The number of carbonyl (C=O) groups excluding carboxylic acids is 1. The van der Waals surface area contributed by atoms with Gasteiger partial charge in [0.1, 0.15) is 11.4 Å². The minimum atomic E-state index is -1.19. The van der Waals surface area contributed by atoms with Crippen LogP contribution in [0, 0.1) is 0 Å². The van der Waals surface area contributed by atoms with Crippen LogP contribution < -0.4 is 10.1 Å². The average molecular weight is 388 g/mol. The summed E-state index contributed by atoms with van der Waals surface area (Å²) in [6.07, 6.45) is 1.02. The van der Waals surface area contributed by atoms with Crippen molar-refractivity contribution in [3.05, 3.63) is 74.6 Å². The lowest BCUT2D eigenvalue weighted by Crippen LogP contribution is -2.41. The van der Waals surface area contributed by atoms with Gasteiger partial charge in [0, 0.05) is 16.9 Å². The van der Waals surface area contributed by atoms with Crippen LogP contribution in [-0.4, -0.2) is 24.7 Å². The van der Waals surface area contributed by atoms with Gasteiger partial charge >= 0.3 is 0 Å². The molecule has 1 atom stereocenters. The number of nitrogens with one attached hydrogen (secondary N) is 1. The molecule has 136 valence electrons. The molecule has 0 fully saturated rings. The number of ether oxygens (including phenoxy) is 1. The molecule has 0 bridgehead atoms. The van der Waals surface area contributed by atoms with E-state index in [1.807, 2.05) is 58.6 Å². The molecule has 2 heterocycles. The van der Waals surface area contributed by atoms with E-state index in [1.54, 1.807) is 7.11 Å². The summed E-state index contributed by atoms with van der Waals surface area (Å²) in [5, 5.41) is 19.9. The first-order valence-electron chi connectivity index (χ1n) is 8.30. The molecule has 4 nitrogen and oxygen atoms in total. The Morgan fingerprint density at radius 3 is 2.62 bits per heavy atom. The number of carbonyl (C=O) groups is 1. The molecule has 0 saturated carbocycles. The Morgan fingerprint density at radius 2 is 2.00 bits per heavy atom. The molecule has 0 spiro atoms. The molecule has 1 amide bonds. The summed E-state index contributed by atoms with van der Waals surface area (Å²) in [5.41, 5.74) is 0.692. The highest BCUT2D eigenvalue weighted by Gasteiger charge is 2.33. The van der Waals surface area contributed by atoms with Gasteiger partial charge in [0.25, 0.3) is 0 Å². The van der Waals surface area contributed by atoms with Gasteiger partial charge in [-0.1, -0.05) is 18.2 Å². The summed E-state index contributed by atoms with van der Waals surface area (Å²) < 4.78 is 5.14. The van der Waals surface area contributed by atoms with Crippen LogP contribution in [0.3, 0.4) is 0 Å². The SMILES string of the molecule is COc1ccc(CCC(=O)NCC(O)(c2ccsc2)c2cccs2)cc1. The van der Waals surface area contributed by atoms with Crippen molar-refractivity contribution in [2.75, 3.05) is 13.7 Å². The monoisotopic (exact) mass is 387 g/mol. The van der Waals surface area contributed by atoms with Crippen LogP contribution in [0.15, 0.2) is 58.6 Å². The Balaban J connectivity index is 1.59. The zero-order valence-corrected chi connectivity index (χ0v) is 16.1. The number of aliphatic hydroxyl groups is 1. The second kappa shape index (κ2) is 8.49. The summed E-state index contributed by atoms with van der Waals surface area (Å²) in [5.74, 6) is 0.723. The number of amides is 1. The van der Waals surface area contributed by atoms with E-state index in [0.29, 0.717) is 12.8 Å². The van der Waals surface area contributed by atoms with Crippen LogP contribution in [0.25, 0.3) is 0 Å². The summed E-state index contributed by atoms with van der Waals surface area (Å²) in [4.78, 5) is 13.1. The van der Waals surface area contributed by atoms with Crippen molar-refractivity contribution in [2.45, 2.75) is 18.4 Å². The Kier molecular flexibility index (Phi) is 6.08. The summed E-state index contributed by atoms with van der Waals surface area (Å²) >= 11 is 3.02. The molecule has 3 rings (SSSR count). The van der Waals surface area contributed by atoms with E-state index in [4.69, 9.17) is 4.74 Å². The fourth-order valence-corrected chi connectivity index (χ4v) is 4.28. The highest BCUT2D eigenvalue weighted by molar-refractivity contribution is 7.10. The summed E-state index contributed by atoms with van der Waals surface area (Å²) in [7, 11) is 1.63. The minimum Gasteiger partial charge on any atom is -0.497 e. The van der Waals surface area contributed by atoms with Gasteiger partial charge in [-0.3, -0.25) is 4.79 Å². The molecule has 26 heavy (non-hydrogen) atoms. The van der Waals surface area contributed by atoms with Crippen molar-refractivity contribution in [1.29, 1.82) is 0 Å². The topological polar surface area (TPSA) is 58.6 Å². The van der Waals surface area contributed by atoms with Gasteiger partial charge in [-0.15, -0.1) is 11.3 Å². The van der Waals surface area contributed by atoms with Crippen molar-refractivity contribution >= 4 is 28.6 Å². The highest BCUT2D eigenvalue weighted by Crippen LogP contribution is 2.33. The fourth-order valence-electron chi connectivity index (χ4n) is 2.71. The van der Waals surface area contributed by atoms with Crippen LogP contribution >= 0.6 is 22.7 Å². The first kappa shape index (κ1) is 18.6. The van der Waals surface area contributed by atoms with Crippen molar-refractivity contribution in [3.63, 3.8) is 0 Å². The van der Waals surface area contributed by atoms with Crippen LogP contribution in [0.4, 0.5) is 0 Å². The van der Waals surface area contributed by atoms with Gasteiger partial charge in [-0.2, -0.15) is 11.3 Å². The van der Waals surface area contributed by atoms with Crippen molar-refractivity contribution in [2.24, 2.45) is 0 Å². The van der Waals surface area contributed by atoms with Gasteiger partial charge in [0.15, 0.2) is 0 Å². The molecule has 2 aromatic heterocycles. The lowest BCUT2D eigenvalue weighted by atomic mass is 9.94. The van der Waals surface area contributed by atoms with E-state index in [1.165, 1.54) is 22.7 Å². The number of thiophene rings is 2.